The van der Waals surface area contributed by atoms with Crippen LogP contribution in [0.15, 0.2) is 6.07 Å². The van der Waals surface area contributed by atoms with Gasteiger partial charge < -0.3 is 0 Å². The molecule has 0 spiro atoms. The van der Waals surface area contributed by atoms with E-state index in [4.69, 9.17) is 0 Å². The van der Waals surface area contributed by atoms with Crippen LogP contribution in [0.1, 0.15) is 89.0 Å². The minimum absolute atomic E-state index is 0. The van der Waals surface area contributed by atoms with Crippen molar-refractivity contribution in [3.8, 4) is 0 Å². The first-order valence-electron chi connectivity index (χ1n) is 10.5. The first-order chi connectivity index (χ1) is 11.5. The van der Waals surface area contributed by atoms with Crippen molar-refractivity contribution in [3.05, 3.63) is 33.9 Å². The molecule has 0 aliphatic heterocycles. The molecule has 2 fully saturated rings. The fraction of sp³-hybridized carbons (Fsp3) is 0.750. The molecular formula is C24H42. The summed E-state index contributed by atoms with van der Waals surface area (Å²) in [7, 11) is 0. The molecule has 0 bridgehead atoms. The summed E-state index contributed by atoms with van der Waals surface area (Å²) in [5, 5.41) is 0. The molecule has 138 valence electrons. The van der Waals surface area contributed by atoms with Crippen LogP contribution in [-0.2, 0) is 6.42 Å². The first-order valence-corrected chi connectivity index (χ1v) is 10.5. The quantitative estimate of drug-likeness (QED) is 0.535. The van der Waals surface area contributed by atoms with Gasteiger partial charge in [0, 0.05) is 2.85 Å². The monoisotopic (exact) mass is 330 g/mol. The van der Waals surface area contributed by atoms with Crippen LogP contribution in [0, 0.1) is 51.4 Å². The minimum Gasteiger partial charge on any atom is -0.0625 e. The number of hydrogen-bond acceptors (Lipinski definition) is 0. The Morgan fingerprint density at radius 3 is 1.88 bits per heavy atom. The molecule has 3 rings (SSSR count). The summed E-state index contributed by atoms with van der Waals surface area (Å²) in [6.07, 6.45) is 13.3. The van der Waals surface area contributed by atoms with E-state index < -0.39 is 0 Å². The lowest BCUT2D eigenvalue weighted by Crippen LogP contribution is -2.26. The highest BCUT2D eigenvalue weighted by Gasteiger charge is 2.30. The van der Waals surface area contributed by atoms with E-state index in [2.05, 4.69) is 40.7 Å². The molecule has 1 aromatic carbocycles. The predicted octanol–water partition coefficient (Wildman–Crippen LogP) is 7.59. The zero-order valence-electron chi connectivity index (χ0n) is 16.8. The summed E-state index contributed by atoms with van der Waals surface area (Å²) in [6, 6.07) is 2.48. The van der Waals surface area contributed by atoms with Gasteiger partial charge in [-0.15, -0.1) is 0 Å². The Kier molecular flexibility index (Phi) is 5.73. The van der Waals surface area contributed by atoms with Crippen molar-refractivity contribution >= 4 is 0 Å². The summed E-state index contributed by atoms with van der Waals surface area (Å²) in [5.41, 5.74) is 7.69. The van der Waals surface area contributed by atoms with Gasteiger partial charge in [0.1, 0.15) is 0 Å². The summed E-state index contributed by atoms with van der Waals surface area (Å²) in [4.78, 5) is 0. The van der Waals surface area contributed by atoms with E-state index in [1.807, 2.05) is 0 Å². The molecule has 0 atom stereocenters. The second-order valence-corrected chi connectivity index (χ2v) is 9.23. The zero-order valence-corrected chi connectivity index (χ0v) is 16.8. The van der Waals surface area contributed by atoms with Gasteiger partial charge in [-0.2, -0.15) is 0 Å². The van der Waals surface area contributed by atoms with E-state index in [0.717, 1.165) is 23.7 Å². The zero-order chi connectivity index (χ0) is 17.3. The van der Waals surface area contributed by atoms with Crippen molar-refractivity contribution in [2.75, 3.05) is 0 Å². The fourth-order valence-corrected chi connectivity index (χ4v) is 5.44. The molecule has 2 saturated carbocycles. The van der Waals surface area contributed by atoms with Crippen LogP contribution in [-0.4, -0.2) is 0 Å². The van der Waals surface area contributed by atoms with Gasteiger partial charge in [-0.1, -0.05) is 25.8 Å². The maximum absolute atomic E-state index is 2.48. The highest BCUT2D eigenvalue weighted by atomic mass is 14.4. The maximum atomic E-state index is 2.48. The molecule has 0 heterocycles. The summed E-state index contributed by atoms with van der Waals surface area (Å²) >= 11 is 0. The standard InChI is InChI=1S/C24H38.2H2/c1-16-6-10-22(11-7-16)23-12-8-21(9-13-23)15-24-14-17(2)18(3)19(4)20(24)5;;/h14,16,21-23H,6-13,15H2,1-5H3;2*1H. The molecule has 0 N–H and O–H groups in total. The molecule has 0 heteroatoms. The predicted molar refractivity (Wildman–Crippen MR) is 110 cm³/mol. The van der Waals surface area contributed by atoms with Crippen LogP contribution in [0.2, 0.25) is 0 Å². The van der Waals surface area contributed by atoms with Crippen molar-refractivity contribution in [1.82, 2.24) is 0 Å². The second-order valence-electron chi connectivity index (χ2n) is 9.23. The third kappa shape index (κ3) is 3.89. The normalized spacial score (nSPS) is 31.2. The fourth-order valence-electron chi connectivity index (χ4n) is 5.44. The highest BCUT2D eigenvalue weighted by Crippen LogP contribution is 2.42. The van der Waals surface area contributed by atoms with E-state index in [1.54, 1.807) is 11.1 Å². The SMILES string of the molecule is Cc1cc(CC2CCC(C3CCC(C)CC3)CC2)c(C)c(C)c1C.[HH].[HH]. The van der Waals surface area contributed by atoms with Crippen LogP contribution in [0.3, 0.4) is 0 Å². The number of rotatable bonds is 3. The molecule has 0 amide bonds. The van der Waals surface area contributed by atoms with Gasteiger partial charge in [-0.05, 0) is 124 Å². The summed E-state index contributed by atoms with van der Waals surface area (Å²) in [5.74, 6) is 4.04. The Balaban J connectivity index is 0.00000169. The van der Waals surface area contributed by atoms with Gasteiger partial charge in [0.25, 0.3) is 0 Å². The van der Waals surface area contributed by atoms with Crippen LogP contribution in [0.4, 0.5) is 0 Å². The van der Waals surface area contributed by atoms with Crippen LogP contribution in [0.25, 0.3) is 0 Å². The molecule has 2 aliphatic rings. The molecular weight excluding hydrogens is 288 g/mol. The third-order valence-electron chi connectivity index (χ3n) is 7.72. The molecule has 0 aromatic heterocycles. The Hall–Kier alpha value is -0.780. The van der Waals surface area contributed by atoms with E-state index >= 15 is 0 Å². The third-order valence-corrected chi connectivity index (χ3v) is 7.72. The molecule has 0 nitrogen and oxygen atoms in total. The first kappa shape index (κ1) is 18.0. The van der Waals surface area contributed by atoms with Crippen LogP contribution in [0.5, 0.6) is 0 Å². The molecule has 0 saturated heterocycles. The Labute approximate surface area is 153 Å². The van der Waals surface area contributed by atoms with Gasteiger partial charge in [-0.25, -0.2) is 0 Å². The van der Waals surface area contributed by atoms with E-state index in [0.29, 0.717) is 0 Å². The van der Waals surface area contributed by atoms with Crippen molar-refractivity contribution in [3.63, 3.8) is 0 Å². The van der Waals surface area contributed by atoms with Crippen LogP contribution >= 0.6 is 0 Å². The van der Waals surface area contributed by atoms with E-state index in [9.17, 15) is 0 Å². The lowest BCUT2D eigenvalue weighted by Gasteiger charge is -2.37. The van der Waals surface area contributed by atoms with Gasteiger partial charge in [0.2, 0.25) is 0 Å². The molecule has 2 aliphatic carbocycles. The number of benzene rings is 1. The number of aryl methyl sites for hydroxylation is 1. The van der Waals surface area contributed by atoms with E-state index in [1.165, 1.54) is 74.5 Å². The highest BCUT2D eigenvalue weighted by molar-refractivity contribution is 5.43. The van der Waals surface area contributed by atoms with Gasteiger partial charge in [0.15, 0.2) is 0 Å². The van der Waals surface area contributed by atoms with Crippen molar-refractivity contribution in [2.24, 2.45) is 23.7 Å². The molecule has 0 unspecified atom stereocenters. The minimum atomic E-state index is 0. The maximum Gasteiger partial charge on any atom is 0 e. The second kappa shape index (κ2) is 7.63. The Morgan fingerprint density at radius 2 is 1.29 bits per heavy atom. The van der Waals surface area contributed by atoms with Crippen molar-refractivity contribution in [1.29, 1.82) is 0 Å². The Morgan fingerprint density at radius 1 is 0.750 bits per heavy atom. The smallest absolute Gasteiger partial charge is 0 e. The largest absolute Gasteiger partial charge is 0.0625 e. The van der Waals surface area contributed by atoms with Crippen molar-refractivity contribution < 1.29 is 2.85 Å². The molecule has 1 aromatic rings. The number of hydrogen-bond donors (Lipinski definition) is 0. The lowest BCUT2D eigenvalue weighted by molar-refractivity contribution is 0.150. The van der Waals surface area contributed by atoms with Gasteiger partial charge in [-0.3, -0.25) is 0 Å². The lowest BCUT2D eigenvalue weighted by atomic mass is 9.68. The average molecular weight is 331 g/mol. The molecule has 0 radical (unpaired) electrons. The van der Waals surface area contributed by atoms with E-state index in [-0.39, 0.29) is 2.85 Å². The van der Waals surface area contributed by atoms with Crippen LogP contribution < -0.4 is 0 Å². The molecule has 24 heavy (non-hydrogen) atoms. The topological polar surface area (TPSA) is 0 Å². The summed E-state index contributed by atoms with van der Waals surface area (Å²) < 4.78 is 0. The van der Waals surface area contributed by atoms with Crippen molar-refractivity contribution in [2.45, 2.75) is 92.4 Å². The average Bonchev–Trinajstić information content (AvgIpc) is 2.59. The van der Waals surface area contributed by atoms with Gasteiger partial charge >= 0.3 is 0 Å². The van der Waals surface area contributed by atoms with Gasteiger partial charge in [0.05, 0.1) is 0 Å². The summed E-state index contributed by atoms with van der Waals surface area (Å²) in [6.45, 7) is 11.7. The Bertz CT molecular complexity index is 562.